The number of carbonyl (C=O) groups is 1. The number of carbonyl (C=O) groups excluding carboxylic acids is 1. The second-order valence-corrected chi connectivity index (χ2v) is 8.88. The maximum absolute atomic E-state index is 12.2. The van der Waals surface area contributed by atoms with Crippen LogP contribution < -0.4 is 15.8 Å². The van der Waals surface area contributed by atoms with E-state index in [1.807, 2.05) is 50.4 Å². The number of nitrogens with one attached hydrogen (secondary N) is 2. The van der Waals surface area contributed by atoms with Gasteiger partial charge in [-0.3, -0.25) is 9.78 Å². The van der Waals surface area contributed by atoms with Crippen LogP contribution in [-0.4, -0.2) is 28.5 Å². The predicted octanol–water partition coefficient (Wildman–Crippen LogP) is 4.41. The quantitative estimate of drug-likeness (QED) is 0.426. The molecular formula is C26H26N4O2. The largest absolute Gasteiger partial charge is 0.490 e. The first-order chi connectivity index (χ1) is 15.4. The van der Waals surface area contributed by atoms with Crippen molar-refractivity contribution in [3.8, 4) is 16.9 Å². The number of amides is 1. The van der Waals surface area contributed by atoms with Gasteiger partial charge in [0.25, 0.3) is 0 Å². The standard InChI is InChI=1S/C26H26N4O2/c1-26(2)22-11-16(7-8-24(22)30-25(26)31)17-10-20(14-28-12-17)32-15-19(27)9-18-13-29-23-6-4-3-5-21(18)23/h3-8,10-14,19,29H,9,15,27H2,1-2H3,(H,30,31). The summed E-state index contributed by atoms with van der Waals surface area (Å²) < 4.78 is 5.98. The lowest BCUT2D eigenvalue weighted by atomic mass is 9.85. The summed E-state index contributed by atoms with van der Waals surface area (Å²) in [6.07, 6.45) is 6.24. The summed E-state index contributed by atoms with van der Waals surface area (Å²) >= 11 is 0. The van der Waals surface area contributed by atoms with Crippen molar-refractivity contribution in [2.75, 3.05) is 11.9 Å². The number of hydrogen-bond donors (Lipinski definition) is 3. The molecule has 1 atom stereocenters. The monoisotopic (exact) mass is 426 g/mol. The van der Waals surface area contributed by atoms with E-state index in [1.54, 1.807) is 12.4 Å². The molecule has 0 bridgehead atoms. The molecule has 4 aromatic rings. The summed E-state index contributed by atoms with van der Waals surface area (Å²) in [5, 5.41) is 4.14. The topological polar surface area (TPSA) is 93.0 Å². The van der Waals surface area contributed by atoms with Crippen molar-refractivity contribution in [3.63, 3.8) is 0 Å². The average molecular weight is 427 g/mol. The summed E-state index contributed by atoms with van der Waals surface area (Å²) in [5.41, 5.74) is 11.9. The van der Waals surface area contributed by atoms with Crippen molar-refractivity contribution in [1.82, 2.24) is 9.97 Å². The van der Waals surface area contributed by atoms with Gasteiger partial charge in [-0.15, -0.1) is 0 Å². The van der Waals surface area contributed by atoms with Crippen molar-refractivity contribution < 1.29 is 9.53 Å². The van der Waals surface area contributed by atoms with Gasteiger partial charge in [-0.25, -0.2) is 0 Å². The maximum Gasteiger partial charge on any atom is 0.234 e. The van der Waals surface area contributed by atoms with Gasteiger partial charge in [0.15, 0.2) is 0 Å². The zero-order chi connectivity index (χ0) is 22.3. The second kappa shape index (κ2) is 7.80. The fourth-order valence-electron chi connectivity index (χ4n) is 4.25. The molecule has 0 spiro atoms. The minimum absolute atomic E-state index is 0.0176. The summed E-state index contributed by atoms with van der Waals surface area (Å²) in [5.74, 6) is 0.690. The number of aromatic amines is 1. The molecular weight excluding hydrogens is 400 g/mol. The first kappa shape index (κ1) is 20.3. The van der Waals surface area contributed by atoms with Crippen LogP contribution in [-0.2, 0) is 16.6 Å². The lowest BCUT2D eigenvalue weighted by molar-refractivity contribution is -0.119. The van der Waals surface area contributed by atoms with Crippen molar-refractivity contribution in [2.24, 2.45) is 5.73 Å². The number of rotatable bonds is 6. The third-order valence-corrected chi connectivity index (χ3v) is 6.18. The Kier molecular flexibility index (Phi) is 4.94. The molecule has 4 N–H and O–H groups in total. The van der Waals surface area contributed by atoms with E-state index in [9.17, 15) is 4.79 Å². The van der Waals surface area contributed by atoms with Gasteiger partial charge in [0.05, 0.1) is 11.6 Å². The molecule has 0 saturated heterocycles. The Hall–Kier alpha value is -3.64. The number of H-pyrrole nitrogens is 1. The lowest BCUT2D eigenvalue weighted by Gasteiger charge is -2.16. The second-order valence-electron chi connectivity index (χ2n) is 8.88. The number of para-hydroxylation sites is 1. The normalized spacial score (nSPS) is 15.4. The van der Waals surface area contributed by atoms with Crippen LogP contribution in [0.5, 0.6) is 5.75 Å². The van der Waals surface area contributed by atoms with E-state index >= 15 is 0 Å². The molecule has 6 nitrogen and oxygen atoms in total. The Morgan fingerprint density at radius 2 is 1.94 bits per heavy atom. The van der Waals surface area contributed by atoms with Crippen molar-refractivity contribution in [2.45, 2.75) is 31.7 Å². The first-order valence-electron chi connectivity index (χ1n) is 10.8. The number of hydrogen-bond acceptors (Lipinski definition) is 4. The van der Waals surface area contributed by atoms with Gasteiger partial charge in [-0.2, -0.15) is 0 Å². The molecule has 1 unspecified atom stereocenters. The number of pyridine rings is 1. The van der Waals surface area contributed by atoms with Crippen LogP contribution in [0, 0.1) is 0 Å². The number of aromatic nitrogens is 2. The van der Waals surface area contributed by atoms with E-state index in [-0.39, 0.29) is 11.9 Å². The fourth-order valence-corrected chi connectivity index (χ4v) is 4.25. The van der Waals surface area contributed by atoms with Crippen LogP contribution in [0.1, 0.15) is 25.0 Å². The molecule has 0 radical (unpaired) electrons. The fraction of sp³-hybridized carbons (Fsp3) is 0.231. The zero-order valence-corrected chi connectivity index (χ0v) is 18.2. The van der Waals surface area contributed by atoms with Crippen molar-refractivity contribution in [1.29, 1.82) is 0 Å². The molecule has 0 aliphatic carbocycles. The lowest BCUT2D eigenvalue weighted by Crippen LogP contribution is -2.30. The van der Waals surface area contributed by atoms with Gasteiger partial charge < -0.3 is 20.8 Å². The Morgan fingerprint density at radius 3 is 2.81 bits per heavy atom. The van der Waals surface area contributed by atoms with E-state index in [1.165, 1.54) is 10.9 Å². The van der Waals surface area contributed by atoms with Gasteiger partial charge >= 0.3 is 0 Å². The highest BCUT2D eigenvalue weighted by molar-refractivity contribution is 6.06. The average Bonchev–Trinajstić information content (AvgIpc) is 3.30. The smallest absolute Gasteiger partial charge is 0.234 e. The number of nitrogens with two attached hydrogens (primary N) is 1. The third-order valence-electron chi connectivity index (χ3n) is 6.18. The highest BCUT2D eigenvalue weighted by Gasteiger charge is 2.38. The van der Waals surface area contributed by atoms with Crippen LogP contribution in [0.15, 0.2) is 67.1 Å². The highest BCUT2D eigenvalue weighted by atomic mass is 16.5. The van der Waals surface area contributed by atoms with Crippen LogP contribution in [0.25, 0.3) is 22.0 Å². The summed E-state index contributed by atoms with van der Waals surface area (Å²) in [4.78, 5) is 19.9. The molecule has 162 valence electrons. The minimum atomic E-state index is -0.554. The molecule has 0 fully saturated rings. The van der Waals surface area contributed by atoms with Crippen LogP contribution in [0.4, 0.5) is 5.69 Å². The molecule has 5 rings (SSSR count). The molecule has 32 heavy (non-hydrogen) atoms. The number of benzene rings is 2. The van der Waals surface area contributed by atoms with Crippen molar-refractivity contribution in [3.05, 3.63) is 78.2 Å². The third kappa shape index (κ3) is 3.63. The van der Waals surface area contributed by atoms with Gasteiger partial charge in [-0.1, -0.05) is 24.3 Å². The zero-order valence-electron chi connectivity index (χ0n) is 18.2. The maximum atomic E-state index is 12.2. The molecule has 1 aliphatic heterocycles. The Morgan fingerprint density at radius 1 is 1.09 bits per heavy atom. The molecule has 1 amide bonds. The molecule has 2 aromatic heterocycles. The molecule has 2 aromatic carbocycles. The number of nitrogens with zero attached hydrogens (tertiary/aromatic N) is 1. The van der Waals surface area contributed by atoms with Crippen molar-refractivity contribution >= 4 is 22.5 Å². The van der Waals surface area contributed by atoms with E-state index in [0.29, 0.717) is 12.4 Å². The first-order valence-corrected chi connectivity index (χ1v) is 10.8. The molecule has 0 saturated carbocycles. The summed E-state index contributed by atoms with van der Waals surface area (Å²) in [7, 11) is 0. The predicted molar refractivity (Wildman–Crippen MR) is 127 cm³/mol. The SMILES string of the molecule is CC1(C)C(=O)Nc2ccc(-c3cncc(OCC(N)Cc4c[nH]c5ccccc45)c3)cc21. The number of ether oxygens (including phenoxy) is 1. The van der Waals surface area contributed by atoms with Crippen LogP contribution in [0.2, 0.25) is 0 Å². The Bertz CT molecular complexity index is 1310. The summed E-state index contributed by atoms with van der Waals surface area (Å²) in [6, 6.07) is 16.0. The van der Waals surface area contributed by atoms with Crippen LogP contribution >= 0.6 is 0 Å². The highest BCUT2D eigenvalue weighted by Crippen LogP contribution is 2.39. The molecule has 1 aliphatic rings. The van der Waals surface area contributed by atoms with Gasteiger partial charge in [0.2, 0.25) is 5.91 Å². The van der Waals surface area contributed by atoms with E-state index in [4.69, 9.17) is 10.5 Å². The number of fused-ring (bicyclic) bond motifs is 2. The van der Waals surface area contributed by atoms with Gasteiger partial charge in [0, 0.05) is 40.6 Å². The minimum Gasteiger partial charge on any atom is -0.490 e. The molecule has 3 heterocycles. The number of anilines is 1. The van der Waals surface area contributed by atoms with E-state index < -0.39 is 5.41 Å². The van der Waals surface area contributed by atoms with Gasteiger partial charge in [0.1, 0.15) is 12.4 Å². The Balaban J connectivity index is 1.29. The van der Waals surface area contributed by atoms with E-state index in [0.717, 1.165) is 34.3 Å². The molecule has 6 heteroatoms. The van der Waals surface area contributed by atoms with Crippen LogP contribution in [0.3, 0.4) is 0 Å². The summed E-state index contributed by atoms with van der Waals surface area (Å²) in [6.45, 7) is 4.26. The van der Waals surface area contributed by atoms with E-state index in [2.05, 4.69) is 33.5 Å². The van der Waals surface area contributed by atoms with Gasteiger partial charge in [-0.05, 0) is 61.2 Å². The Labute approximate surface area is 186 Å².